The topological polar surface area (TPSA) is 80.5 Å². The van der Waals surface area contributed by atoms with Gasteiger partial charge in [0.1, 0.15) is 0 Å². The SMILES string of the molecule is CN1C(=O)SC(C(N)=O)C1=O. The zero-order valence-corrected chi connectivity index (χ0v) is 6.55. The van der Waals surface area contributed by atoms with Crippen LogP contribution in [-0.4, -0.2) is 34.3 Å². The number of amides is 3. The van der Waals surface area contributed by atoms with E-state index in [1.165, 1.54) is 7.05 Å². The van der Waals surface area contributed by atoms with E-state index in [4.69, 9.17) is 5.73 Å². The summed E-state index contributed by atoms with van der Waals surface area (Å²) in [6, 6.07) is 0. The van der Waals surface area contributed by atoms with Crippen molar-refractivity contribution in [3.05, 3.63) is 0 Å². The van der Waals surface area contributed by atoms with Crippen molar-refractivity contribution in [1.29, 1.82) is 0 Å². The summed E-state index contributed by atoms with van der Waals surface area (Å²) in [7, 11) is 1.32. The van der Waals surface area contributed by atoms with Crippen LogP contribution in [0.1, 0.15) is 0 Å². The molecule has 1 aliphatic rings. The number of primary amides is 1. The van der Waals surface area contributed by atoms with E-state index in [0.29, 0.717) is 11.8 Å². The first-order valence-electron chi connectivity index (χ1n) is 2.81. The van der Waals surface area contributed by atoms with Gasteiger partial charge in [-0.05, 0) is 11.8 Å². The molecule has 0 aromatic carbocycles. The van der Waals surface area contributed by atoms with Crippen LogP contribution in [0.3, 0.4) is 0 Å². The first-order valence-corrected chi connectivity index (χ1v) is 3.69. The molecule has 5 nitrogen and oxygen atoms in total. The summed E-state index contributed by atoms with van der Waals surface area (Å²) in [6.07, 6.45) is 0. The first-order chi connectivity index (χ1) is 5.04. The lowest BCUT2D eigenvalue weighted by molar-refractivity contribution is -0.130. The molecular weight excluding hydrogens is 168 g/mol. The molecule has 1 unspecified atom stereocenters. The predicted molar refractivity (Wildman–Crippen MR) is 38.7 cm³/mol. The molecule has 60 valence electrons. The van der Waals surface area contributed by atoms with Gasteiger partial charge >= 0.3 is 0 Å². The summed E-state index contributed by atoms with van der Waals surface area (Å²) >= 11 is 0.653. The van der Waals surface area contributed by atoms with Crippen molar-refractivity contribution in [2.45, 2.75) is 5.25 Å². The molecule has 1 saturated heterocycles. The van der Waals surface area contributed by atoms with Gasteiger partial charge in [0.15, 0.2) is 5.25 Å². The van der Waals surface area contributed by atoms with Crippen molar-refractivity contribution in [3.63, 3.8) is 0 Å². The predicted octanol–water partition coefficient (Wildman–Crippen LogP) is -0.835. The minimum absolute atomic E-state index is 0.432. The molecule has 3 amide bonds. The number of thioether (sulfide) groups is 1. The van der Waals surface area contributed by atoms with Gasteiger partial charge in [-0.15, -0.1) is 0 Å². The molecule has 2 N–H and O–H groups in total. The Balaban J connectivity index is 2.83. The summed E-state index contributed by atoms with van der Waals surface area (Å²) in [6.45, 7) is 0. The normalized spacial score (nSPS) is 24.5. The van der Waals surface area contributed by atoms with Crippen LogP contribution in [-0.2, 0) is 9.59 Å². The van der Waals surface area contributed by atoms with E-state index in [-0.39, 0.29) is 0 Å². The highest BCUT2D eigenvalue weighted by Gasteiger charge is 2.40. The molecule has 0 saturated carbocycles. The summed E-state index contributed by atoms with van der Waals surface area (Å²) in [5.41, 5.74) is 4.85. The summed E-state index contributed by atoms with van der Waals surface area (Å²) in [5, 5.41) is -1.45. The van der Waals surface area contributed by atoms with E-state index in [9.17, 15) is 14.4 Å². The van der Waals surface area contributed by atoms with Crippen molar-refractivity contribution in [2.24, 2.45) is 5.73 Å². The summed E-state index contributed by atoms with van der Waals surface area (Å²) < 4.78 is 0. The number of nitrogens with two attached hydrogens (primary N) is 1. The summed E-state index contributed by atoms with van der Waals surface area (Å²) in [4.78, 5) is 33.1. The molecule has 6 heteroatoms. The minimum atomic E-state index is -1.02. The number of carbonyl (C=O) groups excluding carboxylic acids is 3. The molecule has 0 aromatic rings. The van der Waals surface area contributed by atoms with E-state index in [1.807, 2.05) is 0 Å². The second-order valence-electron chi connectivity index (χ2n) is 2.06. The van der Waals surface area contributed by atoms with E-state index in [1.54, 1.807) is 0 Å². The molecule has 0 aromatic heterocycles. The second kappa shape index (κ2) is 2.54. The van der Waals surface area contributed by atoms with Gasteiger partial charge in [0.05, 0.1) is 0 Å². The maximum absolute atomic E-state index is 10.9. The van der Waals surface area contributed by atoms with Crippen LogP contribution < -0.4 is 5.73 Å². The average Bonchev–Trinajstić information content (AvgIpc) is 2.17. The third-order valence-corrected chi connectivity index (χ3v) is 2.45. The van der Waals surface area contributed by atoms with Crippen molar-refractivity contribution in [1.82, 2.24) is 4.90 Å². The van der Waals surface area contributed by atoms with Crippen molar-refractivity contribution < 1.29 is 14.4 Å². The third-order valence-electron chi connectivity index (χ3n) is 1.31. The Labute approximate surface area is 66.9 Å². The Morgan fingerprint density at radius 1 is 1.64 bits per heavy atom. The fourth-order valence-electron chi connectivity index (χ4n) is 0.676. The van der Waals surface area contributed by atoms with Crippen LogP contribution >= 0.6 is 11.8 Å². The molecule has 1 atom stereocenters. The van der Waals surface area contributed by atoms with E-state index in [0.717, 1.165) is 4.90 Å². The first kappa shape index (κ1) is 8.06. The maximum Gasteiger partial charge on any atom is 0.289 e. The van der Waals surface area contributed by atoms with Gasteiger partial charge in [-0.3, -0.25) is 19.3 Å². The highest BCUT2D eigenvalue weighted by Crippen LogP contribution is 2.24. The molecule has 0 radical (unpaired) electrons. The van der Waals surface area contributed by atoms with Gasteiger partial charge in [-0.2, -0.15) is 0 Å². The molecule has 0 spiro atoms. The second-order valence-corrected chi connectivity index (χ2v) is 3.12. The molecule has 1 rings (SSSR count). The number of carbonyl (C=O) groups is 3. The Bertz CT molecular complexity index is 240. The molecule has 0 aliphatic carbocycles. The quantitative estimate of drug-likeness (QED) is 0.526. The largest absolute Gasteiger partial charge is 0.368 e. The zero-order chi connectivity index (χ0) is 8.59. The number of rotatable bonds is 1. The van der Waals surface area contributed by atoms with Crippen LogP contribution in [0.4, 0.5) is 4.79 Å². The number of imide groups is 1. The smallest absolute Gasteiger partial charge is 0.289 e. The van der Waals surface area contributed by atoms with Crippen LogP contribution in [0.15, 0.2) is 0 Å². The monoisotopic (exact) mass is 174 g/mol. The highest BCUT2D eigenvalue weighted by atomic mass is 32.2. The Kier molecular flexibility index (Phi) is 1.86. The van der Waals surface area contributed by atoms with Gasteiger partial charge in [0.25, 0.3) is 11.1 Å². The van der Waals surface area contributed by atoms with Crippen LogP contribution in [0, 0.1) is 0 Å². The standard InChI is InChI=1S/C5H6N2O3S/c1-7-4(9)2(3(6)8)11-5(7)10/h2H,1H3,(H2,6,8). The van der Waals surface area contributed by atoms with Crippen molar-refractivity contribution in [3.8, 4) is 0 Å². The zero-order valence-electron chi connectivity index (χ0n) is 5.73. The lowest BCUT2D eigenvalue weighted by Gasteiger charge is -2.02. The lowest BCUT2D eigenvalue weighted by atomic mass is 10.4. The third kappa shape index (κ3) is 1.21. The molecule has 1 heterocycles. The van der Waals surface area contributed by atoms with Gasteiger partial charge in [0, 0.05) is 7.05 Å². The molecule has 1 aliphatic heterocycles. The number of hydrogen-bond donors (Lipinski definition) is 1. The Morgan fingerprint density at radius 2 is 2.18 bits per heavy atom. The average molecular weight is 174 g/mol. The Morgan fingerprint density at radius 3 is 2.36 bits per heavy atom. The van der Waals surface area contributed by atoms with Gasteiger partial charge in [-0.25, -0.2) is 0 Å². The molecule has 1 fully saturated rings. The van der Waals surface area contributed by atoms with Crippen molar-refractivity contribution >= 4 is 28.8 Å². The fourth-order valence-corrected chi connectivity index (χ4v) is 1.50. The van der Waals surface area contributed by atoms with Crippen LogP contribution in [0.5, 0.6) is 0 Å². The van der Waals surface area contributed by atoms with Gasteiger partial charge < -0.3 is 5.73 Å². The molecule has 0 bridgehead atoms. The number of hydrogen-bond acceptors (Lipinski definition) is 4. The van der Waals surface area contributed by atoms with E-state index < -0.39 is 22.3 Å². The van der Waals surface area contributed by atoms with E-state index in [2.05, 4.69) is 0 Å². The van der Waals surface area contributed by atoms with Crippen LogP contribution in [0.25, 0.3) is 0 Å². The summed E-state index contributed by atoms with van der Waals surface area (Å²) in [5.74, 6) is -1.30. The number of nitrogens with zero attached hydrogens (tertiary/aromatic N) is 1. The lowest BCUT2D eigenvalue weighted by Crippen LogP contribution is -2.35. The van der Waals surface area contributed by atoms with Crippen LogP contribution in [0.2, 0.25) is 0 Å². The fraction of sp³-hybridized carbons (Fsp3) is 0.400. The maximum atomic E-state index is 10.9. The minimum Gasteiger partial charge on any atom is -0.368 e. The molecular formula is C5H6N2O3S. The molecule has 11 heavy (non-hydrogen) atoms. The van der Waals surface area contributed by atoms with Crippen molar-refractivity contribution in [2.75, 3.05) is 7.05 Å². The van der Waals surface area contributed by atoms with E-state index >= 15 is 0 Å². The van der Waals surface area contributed by atoms with Gasteiger partial charge in [0.2, 0.25) is 5.91 Å². The highest BCUT2D eigenvalue weighted by molar-refractivity contribution is 8.15. The Hall–Kier alpha value is -1.04. The van der Waals surface area contributed by atoms with Gasteiger partial charge in [-0.1, -0.05) is 0 Å².